The summed E-state index contributed by atoms with van der Waals surface area (Å²) in [5, 5.41) is 10.8. The average molecular weight is 860 g/mol. The Kier molecular flexibility index (Phi) is 7.92. The van der Waals surface area contributed by atoms with Gasteiger partial charge in [-0.1, -0.05) is 48.5 Å². The van der Waals surface area contributed by atoms with Gasteiger partial charge in [0.25, 0.3) is 0 Å². The number of halogens is 2. The maximum atomic E-state index is 14.5. The minimum atomic E-state index is -1.97. The van der Waals surface area contributed by atoms with E-state index in [-0.39, 0.29) is 0 Å². The second kappa shape index (κ2) is 10.4. The van der Waals surface area contributed by atoms with Crippen molar-refractivity contribution in [3.8, 4) is 0 Å². The van der Waals surface area contributed by atoms with Crippen molar-refractivity contribution < 1.29 is 54.1 Å². The molecule has 0 aromatic heterocycles. The molecule has 15 unspecified atom stereocenters. The van der Waals surface area contributed by atoms with Crippen LogP contribution in [0, 0.1) is 40.9 Å². The molecule has 0 aromatic rings. The van der Waals surface area contributed by atoms with Gasteiger partial charge < -0.3 is 34.9 Å². The lowest BCUT2D eigenvalue weighted by atomic mass is 9.57. The number of carboxylic acid groups (broad SMARTS) is 1. The van der Waals surface area contributed by atoms with E-state index in [1.54, 1.807) is 43.8 Å². The van der Waals surface area contributed by atoms with Gasteiger partial charge in [-0.15, -0.1) is 0 Å². The molecule has 6 rings (SSSR count). The number of hydrogen-bond donors (Lipinski definition) is 1. The maximum Gasteiger partial charge on any atom is 0.341 e. The Labute approximate surface area is 291 Å². The Balaban J connectivity index is 1.63. The molecule has 0 spiro atoms. The van der Waals surface area contributed by atoms with Gasteiger partial charge in [-0.3, -0.25) is 14.4 Å². The second-order valence-corrected chi connectivity index (χ2v) is 15.6. The van der Waals surface area contributed by atoms with E-state index in [2.05, 4.69) is 0 Å². The highest BCUT2D eigenvalue weighted by molar-refractivity contribution is 14.1. The van der Waals surface area contributed by atoms with Gasteiger partial charge in [-0.25, -0.2) is 4.79 Å². The maximum absolute atomic E-state index is 14.5. The second-order valence-electron chi connectivity index (χ2n) is 14.7. The number of carbonyl (C=O) groups is 4. The number of ether oxygens (including phenoxy) is 5. The fraction of sp³-hybridized carbons (Fsp3) is 0.871. The Hall–Kier alpha value is -0.660. The van der Waals surface area contributed by atoms with Gasteiger partial charge >= 0.3 is 17.9 Å². The van der Waals surface area contributed by atoms with E-state index in [9.17, 15) is 24.3 Å². The van der Waals surface area contributed by atoms with Crippen molar-refractivity contribution in [2.24, 2.45) is 40.9 Å². The van der Waals surface area contributed by atoms with Gasteiger partial charge in [-0.2, -0.15) is 0 Å². The molecule has 14 heteroatoms. The first-order valence-corrected chi connectivity index (χ1v) is 17.4. The summed E-state index contributed by atoms with van der Waals surface area (Å²) >= 11 is 3.43. The fourth-order valence-electron chi connectivity index (χ4n) is 9.78. The van der Waals surface area contributed by atoms with Crippen LogP contribution in [0.1, 0.15) is 68.2 Å². The summed E-state index contributed by atoms with van der Waals surface area (Å²) in [6.45, 7) is 14.7. The van der Waals surface area contributed by atoms with Gasteiger partial charge in [0.1, 0.15) is 76.0 Å². The van der Waals surface area contributed by atoms with Gasteiger partial charge in [0.2, 0.25) is 11.4 Å². The summed E-state index contributed by atoms with van der Waals surface area (Å²) in [6.07, 6.45) is -3.02. The smallest absolute Gasteiger partial charge is 0.341 e. The number of rotatable bonds is 10. The molecule has 6 fully saturated rings. The van der Waals surface area contributed by atoms with Crippen molar-refractivity contribution in [1.29, 1.82) is 0 Å². The van der Waals surface area contributed by atoms with Crippen LogP contribution in [0.3, 0.4) is 0 Å². The molecule has 0 radical (unpaired) electrons. The van der Waals surface area contributed by atoms with Crippen molar-refractivity contribution in [1.82, 2.24) is 0 Å². The third-order valence-electron chi connectivity index (χ3n) is 12.8. The zero-order chi connectivity index (χ0) is 33.4. The molecular weight excluding hydrogens is 818 g/mol. The zero-order valence-corrected chi connectivity index (χ0v) is 31.2. The van der Waals surface area contributed by atoms with Gasteiger partial charge in [0.15, 0.2) is 16.8 Å². The molecular formula is C31H42I2O12. The molecule has 2 saturated heterocycles. The molecule has 15 atom stereocenters. The van der Waals surface area contributed by atoms with Gasteiger partial charge in [-0.05, 0) is 19.8 Å². The fourth-order valence-corrected chi connectivity index (χ4v) is 11.5. The quantitative estimate of drug-likeness (QED) is 0.192. The lowest BCUT2D eigenvalue weighted by Crippen LogP contribution is -2.71. The zero-order valence-electron chi connectivity index (χ0n) is 26.9. The van der Waals surface area contributed by atoms with E-state index in [0.29, 0.717) is 12.8 Å². The predicted octanol–water partition coefficient (Wildman–Crippen LogP) is 4.01. The van der Waals surface area contributed by atoms with Crippen LogP contribution >= 0.6 is 46.0 Å². The molecule has 12 nitrogen and oxygen atoms in total. The number of carboxylic acids is 1. The Bertz CT molecular complexity index is 1340. The molecule has 4 aliphatic carbocycles. The number of fused-ring (bicyclic) bond motifs is 9. The van der Waals surface area contributed by atoms with Crippen LogP contribution in [0.5, 0.6) is 0 Å². The number of esters is 2. The van der Waals surface area contributed by atoms with Crippen LogP contribution in [-0.4, -0.2) is 88.3 Å². The largest absolute Gasteiger partial charge is 0.479 e. The third kappa shape index (κ3) is 3.71. The summed E-state index contributed by atoms with van der Waals surface area (Å²) in [5.74, 6) is -6.49. The Morgan fingerprint density at radius 2 is 1.58 bits per heavy atom. The standard InChI is InChI=1S/C31H42I2O12/c1-10-12(3)21(34)40-18-14(5)28(45-33)15(16-26(6,7)31(16,18)43-22(35)13(4)11-2)19-30(42-19,25(37)38)24(44-32)29(39-9)17(28)20-27(8,41-20)23(29)36/h12-20,24H,10-11H2,1-9H3,(H,37,38). The van der Waals surface area contributed by atoms with Crippen LogP contribution < -0.4 is 0 Å². The first kappa shape index (κ1) is 34.2. The monoisotopic (exact) mass is 860 g/mol. The number of epoxide rings is 2. The van der Waals surface area contributed by atoms with Crippen molar-refractivity contribution in [3.05, 3.63) is 0 Å². The minimum absolute atomic E-state index is 0.430. The molecule has 2 aliphatic heterocycles. The van der Waals surface area contributed by atoms with E-state index >= 15 is 0 Å². The molecule has 0 amide bonds. The van der Waals surface area contributed by atoms with Crippen molar-refractivity contribution >= 4 is 69.7 Å². The molecule has 2 heterocycles. The van der Waals surface area contributed by atoms with Crippen molar-refractivity contribution in [2.75, 3.05) is 7.11 Å². The van der Waals surface area contributed by atoms with Gasteiger partial charge in [0, 0.05) is 30.3 Å². The number of methoxy groups -OCH3 is 1. The van der Waals surface area contributed by atoms with Crippen LogP contribution in [0.4, 0.5) is 0 Å². The number of hydrogen-bond acceptors (Lipinski definition) is 11. The number of carbonyl (C=O) groups excluding carboxylic acids is 3. The average Bonchev–Trinajstić information content (AvgIpc) is 3.94. The van der Waals surface area contributed by atoms with Crippen molar-refractivity contribution in [2.45, 2.75) is 121 Å². The minimum Gasteiger partial charge on any atom is -0.479 e. The van der Waals surface area contributed by atoms with E-state index in [1.807, 2.05) is 57.6 Å². The molecule has 0 bridgehead atoms. The first-order chi connectivity index (χ1) is 21.0. The highest BCUT2D eigenvalue weighted by atomic mass is 127. The molecule has 4 saturated carbocycles. The van der Waals surface area contributed by atoms with E-state index in [1.165, 1.54) is 7.11 Å². The number of Topliss-reactive ketones (excluding diaryl/α,β-unsaturated/α-hetero) is 1. The topological polar surface area (TPSA) is 160 Å². The Morgan fingerprint density at radius 1 is 0.978 bits per heavy atom. The lowest BCUT2D eigenvalue weighted by molar-refractivity contribution is -0.243. The lowest BCUT2D eigenvalue weighted by Gasteiger charge is -2.56. The highest BCUT2D eigenvalue weighted by Gasteiger charge is 2.99. The molecule has 6 aliphatic rings. The number of aliphatic carboxylic acids is 1. The van der Waals surface area contributed by atoms with Crippen molar-refractivity contribution in [3.63, 3.8) is 0 Å². The van der Waals surface area contributed by atoms with E-state index in [4.69, 9.17) is 29.8 Å². The van der Waals surface area contributed by atoms with E-state index in [0.717, 1.165) is 0 Å². The molecule has 252 valence electrons. The molecule has 1 N–H and O–H groups in total. The molecule has 45 heavy (non-hydrogen) atoms. The van der Waals surface area contributed by atoms with Crippen LogP contribution in [-0.2, 0) is 49.0 Å². The first-order valence-electron chi connectivity index (χ1n) is 15.7. The van der Waals surface area contributed by atoms with Crippen LogP contribution in [0.25, 0.3) is 0 Å². The summed E-state index contributed by atoms with van der Waals surface area (Å²) < 4.78 is 44.1. The van der Waals surface area contributed by atoms with Crippen LogP contribution in [0.2, 0.25) is 0 Å². The molecule has 0 aromatic carbocycles. The number of ketones is 1. The Morgan fingerprint density at radius 3 is 2.09 bits per heavy atom. The summed E-state index contributed by atoms with van der Waals surface area (Å²) in [6, 6.07) is 0. The normalized spacial score (nSPS) is 50.8. The summed E-state index contributed by atoms with van der Waals surface area (Å²) in [4.78, 5) is 55.0. The third-order valence-corrected chi connectivity index (χ3v) is 14.0. The SMILES string of the molecule is CCC(C)C(=O)OC1C(C)C2(OI)C(C3OC3(C(=O)O)C(OI)C3(OC)C(=O)C4(C)OC4C32)C2C(C)(C)C12OC(=O)C(C)CC. The summed E-state index contributed by atoms with van der Waals surface area (Å²) in [5.41, 5.74) is -8.65. The predicted molar refractivity (Wildman–Crippen MR) is 171 cm³/mol. The van der Waals surface area contributed by atoms with Crippen LogP contribution in [0.15, 0.2) is 0 Å². The summed E-state index contributed by atoms with van der Waals surface area (Å²) in [7, 11) is 1.36. The van der Waals surface area contributed by atoms with Gasteiger partial charge in [0.05, 0.1) is 17.8 Å². The van der Waals surface area contributed by atoms with E-state index < -0.39 is 117 Å². The highest BCUT2D eigenvalue weighted by Crippen LogP contribution is 2.82.